The molecule has 8 nitrogen and oxygen atoms in total. The Kier molecular flexibility index (Phi) is 5.27. The van der Waals surface area contributed by atoms with Gasteiger partial charge in [-0.3, -0.25) is 28.5 Å². The Morgan fingerprint density at radius 2 is 1.86 bits per heavy atom. The number of carbonyl (C=O) groups is 4. The lowest BCUT2D eigenvalue weighted by Crippen LogP contribution is -2.43. The molecule has 0 radical (unpaired) electrons. The molecule has 2 heterocycles. The minimum Gasteiger partial charge on any atom is -0.368 e. The second-order valence-corrected chi connectivity index (χ2v) is 6.77. The molecular weight excluding hydrogens is 374 g/mol. The van der Waals surface area contributed by atoms with Crippen LogP contribution in [0.15, 0.2) is 53.0 Å². The Morgan fingerprint density at radius 3 is 2.55 bits per heavy atom. The number of rotatable bonds is 5. The van der Waals surface area contributed by atoms with E-state index in [-0.39, 0.29) is 12.1 Å². The topological polar surface area (TPSA) is 120 Å². The van der Waals surface area contributed by atoms with Gasteiger partial charge in [0.05, 0.1) is 5.52 Å². The van der Waals surface area contributed by atoms with E-state index in [0.29, 0.717) is 16.6 Å². The molecule has 2 aromatic rings. The Labute approximate surface area is 165 Å². The Bertz CT molecular complexity index is 1170. The maximum Gasteiger partial charge on any atom is 0.258 e. The SMILES string of the molecule is CC1=CC(=O)C(C(=O)/C=C/c2cc3ccccc3n(CC(N)=O)c2=O)C(=O)N1C. The number of para-hydroxylation sites is 1. The number of aromatic nitrogens is 1. The van der Waals surface area contributed by atoms with Crippen LogP contribution in [-0.4, -0.2) is 39.9 Å². The van der Waals surface area contributed by atoms with E-state index in [0.717, 1.165) is 6.08 Å². The van der Waals surface area contributed by atoms with Gasteiger partial charge in [0.2, 0.25) is 11.8 Å². The molecule has 3 rings (SSSR count). The summed E-state index contributed by atoms with van der Waals surface area (Å²) < 4.78 is 1.22. The summed E-state index contributed by atoms with van der Waals surface area (Å²) in [7, 11) is 1.48. The van der Waals surface area contributed by atoms with Crippen molar-refractivity contribution >= 4 is 40.4 Å². The summed E-state index contributed by atoms with van der Waals surface area (Å²) >= 11 is 0. The summed E-state index contributed by atoms with van der Waals surface area (Å²) in [5.41, 5.74) is 5.86. The molecule has 1 atom stereocenters. The third-order valence-corrected chi connectivity index (χ3v) is 4.80. The first-order chi connectivity index (χ1) is 13.7. The molecule has 2 N–H and O–H groups in total. The zero-order chi connectivity index (χ0) is 21.3. The van der Waals surface area contributed by atoms with Gasteiger partial charge in [0, 0.05) is 24.4 Å². The van der Waals surface area contributed by atoms with Gasteiger partial charge in [-0.15, -0.1) is 0 Å². The molecule has 0 aliphatic carbocycles. The van der Waals surface area contributed by atoms with Gasteiger partial charge in [-0.2, -0.15) is 0 Å². The third kappa shape index (κ3) is 3.77. The quantitative estimate of drug-likeness (QED) is 0.590. The molecule has 2 amide bonds. The van der Waals surface area contributed by atoms with Gasteiger partial charge in [0.15, 0.2) is 17.5 Å². The number of allylic oxidation sites excluding steroid dienone is 3. The van der Waals surface area contributed by atoms with Gasteiger partial charge in [-0.05, 0) is 36.6 Å². The van der Waals surface area contributed by atoms with Gasteiger partial charge < -0.3 is 10.6 Å². The molecule has 0 saturated heterocycles. The second-order valence-electron chi connectivity index (χ2n) is 6.77. The van der Waals surface area contributed by atoms with E-state index in [9.17, 15) is 24.0 Å². The molecule has 0 bridgehead atoms. The number of nitrogens with two attached hydrogens (primary N) is 1. The summed E-state index contributed by atoms with van der Waals surface area (Å²) in [5.74, 6) is -4.07. The highest BCUT2D eigenvalue weighted by molar-refractivity contribution is 6.26. The number of fused-ring (bicyclic) bond motifs is 1. The van der Waals surface area contributed by atoms with E-state index >= 15 is 0 Å². The van der Waals surface area contributed by atoms with Crippen LogP contribution in [0.1, 0.15) is 12.5 Å². The van der Waals surface area contributed by atoms with E-state index in [1.807, 2.05) is 0 Å². The van der Waals surface area contributed by atoms with E-state index in [1.165, 1.54) is 28.7 Å². The van der Waals surface area contributed by atoms with Crippen LogP contribution in [0.3, 0.4) is 0 Å². The average molecular weight is 393 g/mol. The van der Waals surface area contributed by atoms with Crippen molar-refractivity contribution < 1.29 is 19.2 Å². The number of ketones is 2. The monoisotopic (exact) mass is 393 g/mol. The van der Waals surface area contributed by atoms with Crippen molar-refractivity contribution in [1.29, 1.82) is 0 Å². The van der Waals surface area contributed by atoms with Crippen molar-refractivity contribution in [3.8, 4) is 0 Å². The molecule has 8 heteroatoms. The highest BCUT2D eigenvalue weighted by Gasteiger charge is 2.37. The summed E-state index contributed by atoms with van der Waals surface area (Å²) in [6.45, 7) is 1.28. The Morgan fingerprint density at radius 1 is 1.17 bits per heavy atom. The van der Waals surface area contributed by atoms with Crippen LogP contribution in [0.5, 0.6) is 0 Å². The maximum absolute atomic E-state index is 12.8. The molecule has 148 valence electrons. The zero-order valence-electron chi connectivity index (χ0n) is 15.9. The number of carbonyl (C=O) groups excluding carboxylic acids is 4. The number of pyridine rings is 1. The van der Waals surface area contributed by atoms with Crippen LogP contribution < -0.4 is 11.3 Å². The molecule has 0 spiro atoms. The fraction of sp³-hybridized carbons (Fsp3) is 0.190. The van der Waals surface area contributed by atoms with Crippen molar-refractivity contribution in [2.75, 3.05) is 7.05 Å². The van der Waals surface area contributed by atoms with Crippen LogP contribution in [0.4, 0.5) is 0 Å². The zero-order valence-corrected chi connectivity index (χ0v) is 15.9. The standard InChI is InChI=1S/C21H19N3O5/c1-12-9-17(26)19(21(29)23(12)2)16(25)8-7-14-10-13-5-3-4-6-15(13)24(20(14)28)11-18(22)27/h3-10,19H,11H2,1-2H3,(H2,22,27)/b8-7+. The van der Waals surface area contributed by atoms with E-state index in [1.54, 1.807) is 37.3 Å². The fourth-order valence-electron chi connectivity index (χ4n) is 3.19. The van der Waals surface area contributed by atoms with Crippen molar-refractivity contribution in [3.63, 3.8) is 0 Å². The first-order valence-corrected chi connectivity index (χ1v) is 8.83. The molecule has 0 fully saturated rings. The minimum atomic E-state index is -1.46. The Balaban J connectivity index is 2.01. The highest BCUT2D eigenvalue weighted by atomic mass is 16.2. The molecular formula is C21H19N3O5. The molecule has 29 heavy (non-hydrogen) atoms. The lowest BCUT2D eigenvalue weighted by Gasteiger charge is -2.25. The van der Waals surface area contributed by atoms with Crippen molar-refractivity contribution in [1.82, 2.24) is 9.47 Å². The summed E-state index contributed by atoms with van der Waals surface area (Å²) in [4.78, 5) is 62.4. The molecule has 1 unspecified atom stereocenters. The molecule has 1 aliphatic heterocycles. The summed E-state index contributed by atoms with van der Waals surface area (Å²) in [6.07, 6.45) is 3.54. The predicted octanol–water partition coefficient (Wildman–Crippen LogP) is 0.630. The number of amides is 2. The average Bonchev–Trinajstić information content (AvgIpc) is 2.67. The summed E-state index contributed by atoms with van der Waals surface area (Å²) in [5, 5.41) is 0.670. The second kappa shape index (κ2) is 7.67. The Hall–Kier alpha value is -3.81. The number of nitrogens with zero attached hydrogens (tertiary/aromatic N) is 2. The lowest BCUT2D eigenvalue weighted by atomic mass is 9.92. The van der Waals surface area contributed by atoms with Crippen LogP contribution in [0, 0.1) is 5.92 Å². The molecule has 1 aromatic heterocycles. The van der Waals surface area contributed by atoms with Crippen molar-refractivity contribution in [2.24, 2.45) is 11.7 Å². The lowest BCUT2D eigenvalue weighted by molar-refractivity contribution is -0.143. The van der Waals surface area contributed by atoms with Crippen molar-refractivity contribution in [2.45, 2.75) is 13.5 Å². The van der Waals surface area contributed by atoms with Gasteiger partial charge in [0.25, 0.3) is 5.56 Å². The normalized spacial score (nSPS) is 17.1. The number of hydrogen-bond donors (Lipinski definition) is 1. The summed E-state index contributed by atoms with van der Waals surface area (Å²) in [6, 6.07) is 8.50. The molecule has 1 aliphatic rings. The highest BCUT2D eigenvalue weighted by Crippen LogP contribution is 2.19. The van der Waals surface area contributed by atoms with Crippen LogP contribution >= 0.6 is 0 Å². The van der Waals surface area contributed by atoms with Crippen LogP contribution in [0.2, 0.25) is 0 Å². The molecule has 0 saturated carbocycles. The maximum atomic E-state index is 12.8. The molecule has 1 aromatic carbocycles. The van der Waals surface area contributed by atoms with Crippen molar-refractivity contribution in [3.05, 3.63) is 64.1 Å². The van der Waals surface area contributed by atoms with Crippen LogP contribution in [0.25, 0.3) is 17.0 Å². The number of benzene rings is 1. The van der Waals surface area contributed by atoms with E-state index < -0.39 is 34.9 Å². The number of hydrogen-bond acceptors (Lipinski definition) is 5. The van der Waals surface area contributed by atoms with Crippen LogP contribution in [-0.2, 0) is 25.7 Å². The van der Waals surface area contributed by atoms with Gasteiger partial charge >= 0.3 is 0 Å². The smallest absolute Gasteiger partial charge is 0.258 e. The van der Waals surface area contributed by atoms with Gasteiger partial charge in [-0.25, -0.2) is 0 Å². The first kappa shape index (κ1) is 19.9. The third-order valence-electron chi connectivity index (χ3n) is 4.80. The van der Waals surface area contributed by atoms with Gasteiger partial charge in [0.1, 0.15) is 6.54 Å². The van der Waals surface area contributed by atoms with E-state index in [2.05, 4.69) is 0 Å². The number of primary amides is 1. The predicted molar refractivity (Wildman–Crippen MR) is 106 cm³/mol. The van der Waals surface area contributed by atoms with Gasteiger partial charge in [-0.1, -0.05) is 18.2 Å². The fourth-order valence-corrected chi connectivity index (χ4v) is 3.19. The first-order valence-electron chi connectivity index (χ1n) is 8.83. The van der Waals surface area contributed by atoms with E-state index in [4.69, 9.17) is 5.73 Å². The largest absolute Gasteiger partial charge is 0.368 e. The minimum absolute atomic E-state index is 0.133.